The number of nitrogens with two attached hydrogens (primary N) is 1. The van der Waals surface area contributed by atoms with Crippen LogP contribution < -0.4 is 16.0 Å². The van der Waals surface area contributed by atoms with Gasteiger partial charge in [-0.15, -0.1) is 0 Å². The Morgan fingerprint density at radius 2 is 2.17 bits per heavy atom. The van der Waals surface area contributed by atoms with E-state index >= 15 is 0 Å². The zero-order chi connectivity index (χ0) is 16.2. The van der Waals surface area contributed by atoms with Crippen molar-refractivity contribution < 1.29 is 0 Å². The molecule has 23 heavy (non-hydrogen) atoms. The summed E-state index contributed by atoms with van der Waals surface area (Å²) in [7, 11) is 0. The molecular weight excluding hydrogens is 286 g/mol. The summed E-state index contributed by atoms with van der Waals surface area (Å²) < 4.78 is 0. The second kappa shape index (κ2) is 5.33. The van der Waals surface area contributed by atoms with E-state index in [1.807, 2.05) is 12.3 Å². The first-order valence-electron chi connectivity index (χ1n) is 9.05. The Bertz CT molecular complexity index is 587. The minimum atomic E-state index is 0.272. The van der Waals surface area contributed by atoms with Crippen LogP contribution in [0.25, 0.3) is 0 Å². The molecule has 4 aliphatic rings. The minimum absolute atomic E-state index is 0.272. The summed E-state index contributed by atoms with van der Waals surface area (Å²) in [5, 5.41) is 3.62. The highest BCUT2D eigenvalue weighted by Crippen LogP contribution is 2.61. The molecule has 126 valence electrons. The molecule has 0 aromatic carbocycles. The standard InChI is InChI=1S/C18H29N5/c1-11-14-8-12(18(14,2)3)9-15(11)21-17-20-6-4-16(22-17)23-7-5-13(19)10-23/h4,6,11-15H,5,7-10,19H2,1-3H3,(H,20,21,22)/t11?,12?,13-,14+,15?/m1/s1. The van der Waals surface area contributed by atoms with Crippen molar-refractivity contribution in [1.29, 1.82) is 0 Å². The Morgan fingerprint density at radius 3 is 2.83 bits per heavy atom. The van der Waals surface area contributed by atoms with Gasteiger partial charge in [0.25, 0.3) is 0 Å². The maximum Gasteiger partial charge on any atom is 0.224 e. The molecule has 0 spiro atoms. The number of fused-ring (bicyclic) bond motifs is 2. The third-order valence-electron chi connectivity index (χ3n) is 6.86. The van der Waals surface area contributed by atoms with E-state index in [0.717, 1.165) is 43.1 Å². The molecule has 3 saturated carbocycles. The van der Waals surface area contributed by atoms with Crippen LogP contribution in [0.5, 0.6) is 0 Å². The van der Waals surface area contributed by atoms with Crippen molar-refractivity contribution in [2.75, 3.05) is 23.3 Å². The first-order chi connectivity index (χ1) is 10.9. The van der Waals surface area contributed by atoms with E-state index in [-0.39, 0.29) is 6.04 Å². The second-order valence-corrected chi connectivity index (χ2v) is 8.44. The number of rotatable bonds is 3. The fourth-order valence-electron chi connectivity index (χ4n) is 5.10. The highest BCUT2D eigenvalue weighted by molar-refractivity contribution is 5.44. The molecule has 3 N–H and O–H groups in total. The number of nitrogens with one attached hydrogen (secondary N) is 1. The normalized spacial score (nSPS) is 38.3. The highest BCUT2D eigenvalue weighted by Gasteiger charge is 2.56. The first-order valence-corrected chi connectivity index (χ1v) is 9.05. The van der Waals surface area contributed by atoms with Gasteiger partial charge in [-0.3, -0.25) is 0 Å². The summed E-state index contributed by atoms with van der Waals surface area (Å²) >= 11 is 0. The molecule has 1 saturated heterocycles. The molecule has 4 fully saturated rings. The fourth-order valence-corrected chi connectivity index (χ4v) is 5.10. The average molecular weight is 315 g/mol. The van der Waals surface area contributed by atoms with Crippen LogP contribution in [0.15, 0.2) is 12.3 Å². The van der Waals surface area contributed by atoms with Crippen LogP contribution in [0, 0.1) is 23.2 Å². The van der Waals surface area contributed by atoms with Gasteiger partial charge in [0.05, 0.1) is 0 Å². The summed E-state index contributed by atoms with van der Waals surface area (Å²) in [6, 6.07) is 2.77. The second-order valence-electron chi connectivity index (χ2n) is 8.44. The smallest absolute Gasteiger partial charge is 0.224 e. The minimum Gasteiger partial charge on any atom is -0.355 e. The van der Waals surface area contributed by atoms with Crippen LogP contribution in [0.2, 0.25) is 0 Å². The summed E-state index contributed by atoms with van der Waals surface area (Å²) in [6.45, 7) is 9.16. The number of nitrogens with zero attached hydrogens (tertiary/aromatic N) is 3. The lowest BCUT2D eigenvalue weighted by Gasteiger charge is -2.62. The van der Waals surface area contributed by atoms with Gasteiger partial charge in [0.15, 0.2) is 0 Å². The van der Waals surface area contributed by atoms with Crippen molar-refractivity contribution >= 4 is 11.8 Å². The number of hydrogen-bond acceptors (Lipinski definition) is 5. The van der Waals surface area contributed by atoms with Crippen molar-refractivity contribution in [1.82, 2.24) is 9.97 Å². The molecule has 5 rings (SSSR count). The molecular formula is C18H29N5. The topological polar surface area (TPSA) is 67.1 Å². The molecule has 5 nitrogen and oxygen atoms in total. The van der Waals surface area contributed by atoms with Crippen LogP contribution in [0.1, 0.15) is 40.0 Å². The van der Waals surface area contributed by atoms with Crippen molar-refractivity contribution in [2.24, 2.45) is 28.9 Å². The van der Waals surface area contributed by atoms with Gasteiger partial charge in [-0.25, -0.2) is 4.98 Å². The van der Waals surface area contributed by atoms with E-state index in [9.17, 15) is 0 Å². The van der Waals surface area contributed by atoms with Crippen molar-refractivity contribution in [3.05, 3.63) is 12.3 Å². The van der Waals surface area contributed by atoms with E-state index in [4.69, 9.17) is 10.7 Å². The van der Waals surface area contributed by atoms with Crippen molar-refractivity contribution in [3.8, 4) is 0 Å². The Morgan fingerprint density at radius 1 is 1.35 bits per heavy atom. The van der Waals surface area contributed by atoms with Gasteiger partial charge in [0.1, 0.15) is 5.82 Å². The summed E-state index contributed by atoms with van der Waals surface area (Å²) in [5.74, 6) is 4.14. The van der Waals surface area contributed by atoms with Crippen LogP contribution in [-0.4, -0.2) is 35.1 Å². The lowest BCUT2D eigenvalue weighted by Crippen LogP contribution is -2.58. The van der Waals surface area contributed by atoms with Gasteiger partial charge in [0.2, 0.25) is 5.95 Å². The molecule has 5 heteroatoms. The van der Waals surface area contributed by atoms with Crippen LogP contribution >= 0.6 is 0 Å². The number of anilines is 2. The molecule has 0 amide bonds. The Balaban J connectivity index is 1.46. The lowest BCUT2D eigenvalue weighted by molar-refractivity contribution is -0.105. The highest BCUT2D eigenvalue weighted by atomic mass is 15.3. The predicted octanol–water partition coefficient (Wildman–Crippen LogP) is 2.50. The van der Waals surface area contributed by atoms with E-state index in [1.165, 1.54) is 12.8 Å². The van der Waals surface area contributed by atoms with Crippen LogP contribution in [0.4, 0.5) is 11.8 Å². The fraction of sp³-hybridized carbons (Fsp3) is 0.778. The number of aromatic nitrogens is 2. The van der Waals surface area contributed by atoms with Gasteiger partial charge in [-0.2, -0.15) is 4.98 Å². The summed E-state index contributed by atoms with van der Waals surface area (Å²) in [6.07, 6.45) is 5.56. The van der Waals surface area contributed by atoms with Crippen LogP contribution in [0.3, 0.4) is 0 Å². The first kappa shape index (κ1) is 15.2. The van der Waals surface area contributed by atoms with E-state index < -0.39 is 0 Å². The van der Waals surface area contributed by atoms with Gasteiger partial charge in [-0.05, 0) is 48.5 Å². The Labute approximate surface area is 139 Å². The van der Waals surface area contributed by atoms with Crippen molar-refractivity contribution in [2.45, 2.75) is 52.1 Å². The quantitative estimate of drug-likeness (QED) is 0.897. The summed E-state index contributed by atoms with van der Waals surface area (Å²) in [5.41, 5.74) is 6.53. The van der Waals surface area contributed by atoms with E-state index in [0.29, 0.717) is 17.4 Å². The third-order valence-corrected chi connectivity index (χ3v) is 6.86. The molecule has 1 aromatic rings. The Kier molecular flexibility index (Phi) is 3.52. The maximum atomic E-state index is 6.01. The molecule has 5 atom stereocenters. The molecule has 2 heterocycles. The molecule has 2 bridgehead atoms. The third kappa shape index (κ3) is 2.49. The largest absolute Gasteiger partial charge is 0.355 e. The maximum absolute atomic E-state index is 6.01. The average Bonchev–Trinajstić information content (AvgIpc) is 2.95. The molecule has 1 aromatic heterocycles. The molecule has 3 aliphatic carbocycles. The SMILES string of the molecule is CC1C(Nc2nccc(N3CC[C@@H](N)C3)n2)CC2C[C@@H]1C2(C)C. The van der Waals surface area contributed by atoms with Gasteiger partial charge in [-0.1, -0.05) is 20.8 Å². The summed E-state index contributed by atoms with van der Waals surface area (Å²) in [4.78, 5) is 11.5. The van der Waals surface area contributed by atoms with Gasteiger partial charge in [0, 0.05) is 31.4 Å². The molecule has 0 radical (unpaired) electrons. The monoisotopic (exact) mass is 315 g/mol. The zero-order valence-corrected chi connectivity index (χ0v) is 14.5. The van der Waals surface area contributed by atoms with Gasteiger partial charge >= 0.3 is 0 Å². The number of hydrogen-bond donors (Lipinski definition) is 2. The Hall–Kier alpha value is -1.36. The van der Waals surface area contributed by atoms with E-state index in [2.05, 4.69) is 36.0 Å². The zero-order valence-electron chi connectivity index (χ0n) is 14.5. The van der Waals surface area contributed by atoms with Crippen LogP contribution in [-0.2, 0) is 0 Å². The van der Waals surface area contributed by atoms with E-state index in [1.54, 1.807) is 0 Å². The molecule has 1 aliphatic heterocycles. The molecule has 3 unspecified atom stereocenters. The van der Waals surface area contributed by atoms with Crippen molar-refractivity contribution in [3.63, 3.8) is 0 Å². The lowest BCUT2D eigenvalue weighted by atomic mass is 9.45. The predicted molar refractivity (Wildman–Crippen MR) is 93.4 cm³/mol. The van der Waals surface area contributed by atoms with Gasteiger partial charge < -0.3 is 16.0 Å².